The van der Waals surface area contributed by atoms with E-state index in [1.54, 1.807) is 0 Å². The molecule has 0 aliphatic carbocycles. The summed E-state index contributed by atoms with van der Waals surface area (Å²) in [6, 6.07) is 22.3. The highest BCUT2D eigenvalue weighted by Crippen LogP contribution is 2.52. The highest BCUT2D eigenvalue weighted by atomic mass is 16.5. The van der Waals surface area contributed by atoms with Crippen molar-refractivity contribution in [1.82, 2.24) is 0 Å². The zero-order chi connectivity index (χ0) is 20.6. The predicted molar refractivity (Wildman–Crippen MR) is 112 cm³/mol. The number of esters is 1. The average Bonchev–Trinajstić information content (AvgIpc) is 2.73. The lowest BCUT2D eigenvalue weighted by atomic mass is 9.55. The van der Waals surface area contributed by atoms with Gasteiger partial charge in [-0.1, -0.05) is 87.9 Å². The number of hydrogen-bond acceptors (Lipinski definition) is 3. The molecule has 2 aromatic carbocycles. The van der Waals surface area contributed by atoms with Crippen LogP contribution in [0.5, 0.6) is 0 Å². The van der Waals surface area contributed by atoms with E-state index in [2.05, 4.69) is 45.0 Å². The Labute approximate surface area is 169 Å². The summed E-state index contributed by atoms with van der Waals surface area (Å²) in [7, 11) is 0. The van der Waals surface area contributed by atoms with Crippen LogP contribution in [0.4, 0.5) is 0 Å². The Morgan fingerprint density at radius 2 is 1.61 bits per heavy atom. The van der Waals surface area contributed by atoms with Crippen molar-refractivity contribution in [3.63, 3.8) is 0 Å². The van der Waals surface area contributed by atoms with E-state index in [0.717, 1.165) is 24.0 Å². The van der Waals surface area contributed by atoms with E-state index in [1.165, 1.54) is 0 Å². The Kier molecular flexibility index (Phi) is 7.40. The van der Waals surface area contributed by atoms with Crippen LogP contribution < -0.4 is 0 Å². The van der Waals surface area contributed by atoms with Gasteiger partial charge in [0.25, 0.3) is 5.97 Å². The molecule has 2 rings (SSSR count). The van der Waals surface area contributed by atoms with Crippen molar-refractivity contribution >= 4 is 5.97 Å². The van der Waals surface area contributed by atoms with Crippen LogP contribution in [0.2, 0.25) is 0 Å². The number of ether oxygens (including phenoxy) is 1. The summed E-state index contributed by atoms with van der Waals surface area (Å²) in [4.78, 5) is 13.2. The quantitative estimate of drug-likeness (QED) is 0.320. The van der Waals surface area contributed by atoms with Crippen LogP contribution in [-0.2, 0) is 14.9 Å². The smallest absolute Gasteiger partial charge is 0.282 e. The van der Waals surface area contributed by atoms with E-state index in [-0.39, 0.29) is 19.0 Å². The van der Waals surface area contributed by atoms with E-state index in [0.29, 0.717) is 5.92 Å². The summed E-state index contributed by atoms with van der Waals surface area (Å²) < 4.78 is 5.49. The molecule has 0 radical (unpaired) electrons. The molecule has 2 unspecified atom stereocenters. The number of rotatable bonds is 9. The van der Waals surface area contributed by atoms with E-state index in [1.807, 2.05) is 49.4 Å². The second-order valence-electron chi connectivity index (χ2n) is 7.73. The van der Waals surface area contributed by atoms with Gasteiger partial charge in [-0.25, -0.2) is 0 Å². The molecule has 0 bridgehead atoms. The predicted octanol–water partition coefficient (Wildman–Crippen LogP) is 5.71. The Balaban J connectivity index is 2.68. The number of carbonyl (C=O) groups excluding carboxylic acids is 1. The fourth-order valence-electron chi connectivity index (χ4n) is 3.90. The maximum Gasteiger partial charge on any atom is 0.282 e. The van der Waals surface area contributed by atoms with Crippen LogP contribution in [0, 0.1) is 29.6 Å². The largest absolute Gasteiger partial charge is 0.466 e. The zero-order valence-electron chi connectivity index (χ0n) is 17.2. The lowest BCUT2D eigenvalue weighted by Crippen LogP contribution is -2.50. The summed E-state index contributed by atoms with van der Waals surface area (Å²) in [6.07, 6.45) is 1.95. The fraction of sp³-hybridized carbons (Fsp3) is 0.400. The number of nitrogens with zero attached hydrogens (tertiary/aromatic N) is 1. The molecule has 0 aromatic heterocycles. The van der Waals surface area contributed by atoms with Gasteiger partial charge >= 0.3 is 0 Å². The maximum absolute atomic E-state index is 13.2. The number of hydrogen-bond donors (Lipinski definition) is 0. The maximum atomic E-state index is 13.2. The first-order valence-electron chi connectivity index (χ1n) is 9.90. The second-order valence-corrected chi connectivity index (χ2v) is 7.73. The normalized spacial score (nSPS) is 14.5. The van der Waals surface area contributed by atoms with E-state index < -0.39 is 10.8 Å². The molecule has 0 saturated heterocycles. The third kappa shape index (κ3) is 4.28. The van der Waals surface area contributed by atoms with Gasteiger partial charge in [0, 0.05) is 5.41 Å². The van der Waals surface area contributed by atoms with Gasteiger partial charge in [0.2, 0.25) is 0 Å². The summed E-state index contributed by atoms with van der Waals surface area (Å²) in [6.45, 7) is 10.7. The van der Waals surface area contributed by atoms with Gasteiger partial charge in [-0.2, -0.15) is 5.26 Å². The first-order chi connectivity index (χ1) is 13.4. The standard InChI is InChI=1S/C25H30NO2/c1-5-20(2)19-25(21-13-8-6-9-14-21,22-15-10-7-11-16-22)24(3,4)23(27)28-18-12-17-26/h6-11,13-16,20H,3,5,12,18-19H2,1-2,4H3/q-1. The molecule has 0 saturated carbocycles. The van der Waals surface area contributed by atoms with E-state index in [9.17, 15) is 4.79 Å². The molecule has 0 N–H and O–H groups in total. The van der Waals surface area contributed by atoms with Gasteiger partial charge in [0.1, 0.15) is 6.61 Å². The molecular weight excluding hydrogens is 346 g/mol. The molecule has 0 fully saturated rings. The monoisotopic (exact) mass is 376 g/mol. The highest BCUT2D eigenvalue weighted by molar-refractivity contribution is 5.81. The van der Waals surface area contributed by atoms with Gasteiger partial charge < -0.3 is 11.7 Å². The van der Waals surface area contributed by atoms with Crippen molar-refractivity contribution < 1.29 is 9.53 Å². The molecule has 28 heavy (non-hydrogen) atoms. The lowest BCUT2D eigenvalue weighted by molar-refractivity contribution is -0.155. The van der Waals surface area contributed by atoms with Crippen molar-refractivity contribution in [2.45, 2.75) is 45.4 Å². The Hall–Kier alpha value is -2.60. The molecule has 0 aliphatic heterocycles. The van der Waals surface area contributed by atoms with Crippen LogP contribution >= 0.6 is 0 Å². The van der Waals surface area contributed by atoms with Crippen LogP contribution in [0.3, 0.4) is 0 Å². The summed E-state index contributed by atoms with van der Waals surface area (Å²) >= 11 is 0. The van der Waals surface area contributed by atoms with Crippen molar-refractivity contribution in [1.29, 1.82) is 5.26 Å². The van der Waals surface area contributed by atoms with E-state index >= 15 is 0 Å². The first-order valence-corrected chi connectivity index (χ1v) is 9.90. The topological polar surface area (TPSA) is 50.1 Å². The lowest BCUT2D eigenvalue weighted by Gasteiger charge is -2.52. The zero-order valence-corrected chi connectivity index (χ0v) is 17.2. The summed E-state index contributed by atoms with van der Waals surface area (Å²) in [5.74, 6) is 0.00662. The first kappa shape index (κ1) is 21.7. The number of benzene rings is 2. The van der Waals surface area contributed by atoms with Gasteiger partial charge in [-0.3, -0.25) is 4.79 Å². The van der Waals surface area contributed by atoms with Crippen molar-refractivity contribution in [2.24, 2.45) is 11.3 Å². The third-order valence-corrected chi connectivity index (χ3v) is 5.72. The summed E-state index contributed by atoms with van der Waals surface area (Å²) in [5, 5.41) is 8.79. The molecular formula is C25H30NO2-. The van der Waals surface area contributed by atoms with Gasteiger partial charge in [-0.05, 0) is 28.9 Å². The third-order valence-electron chi connectivity index (χ3n) is 5.72. The number of carbonyl (C=O) groups is 1. The van der Waals surface area contributed by atoms with Crippen LogP contribution in [0.1, 0.15) is 51.2 Å². The van der Waals surface area contributed by atoms with Crippen molar-refractivity contribution in [2.75, 3.05) is 6.61 Å². The average molecular weight is 377 g/mol. The number of nitriles is 1. The molecule has 0 aliphatic rings. The van der Waals surface area contributed by atoms with Gasteiger partial charge in [0.05, 0.1) is 12.5 Å². The minimum atomic E-state index is -1.06. The fourth-order valence-corrected chi connectivity index (χ4v) is 3.90. The van der Waals surface area contributed by atoms with Gasteiger partial charge in [0.15, 0.2) is 0 Å². The Morgan fingerprint density at radius 1 is 1.11 bits per heavy atom. The molecule has 2 atom stereocenters. The molecule has 0 amide bonds. The molecule has 3 heteroatoms. The minimum absolute atomic E-state index is 0.0867. The highest BCUT2D eigenvalue weighted by Gasteiger charge is 2.48. The summed E-state index contributed by atoms with van der Waals surface area (Å²) in [5.41, 5.74) is 0.399. The van der Waals surface area contributed by atoms with Crippen LogP contribution in [-0.4, -0.2) is 12.6 Å². The molecule has 2 aromatic rings. The van der Waals surface area contributed by atoms with Crippen molar-refractivity contribution in [3.05, 3.63) is 78.7 Å². The van der Waals surface area contributed by atoms with E-state index in [4.69, 9.17) is 10.00 Å². The van der Waals surface area contributed by atoms with Crippen molar-refractivity contribution in [3.8, 4) is 6.07 Å². The molecule has 148 valence electrons. The second kappa shape index (κ2) is 9.55. The van der Waals surface area contributed by atoms with Crippen LogP contribution in [0.15, 0.2) is 60.7 Å². The Morgan fingerprint density at radius 3 is 2.04 bits per heavy atom. The van der Waals surface area contributed by atoms with Crippen LogP contribution in [0.25, 0.3) is 0 Å². The molecule has 0 spiro atoms. The minimum Gasteiger partial charge on any atom is -0.466 e. The molecule has 3 nitrogen and oxygen atoms in total. The Bertz CT molecular complexity index is 751. The van der Waals surface area contributed by atoms with Gasteiger partial charge in [-0.15, -0.1) is 0 Å². The molecule has 0 heterocycles. The SMILES string of the molecule is [CH2-]C(C)(C(=O)OCCC#N)C(CC(C)CC)(c1ccccc1)c1ccccc1.